The number of hydrogen-bond acceptors (Lipinski definition) is 3. The molecule has 1 aromatic heterocycles. The molecule has 20 heavy (non-hydrogen) atoms. The average Bonchev–Trinajstić information content (AvgIpc) is 2.42. The number of rotatable bonds is 4. The Morgan fingerprint density at radius 3 is 2.55 bits per heavy atom. The second-order valence-electron chi connectivity index (χ2n) is 4.67. The summed E-state index contributed by atoms with van der Waals surface area (Å²) in [5.74, 6) is -0.567. The van der Waals surface area contributed by atoms with E-state index in [1.807, 2.05) is 6.92 Å². The fourth-order valence-electron chi connectivity index (χ4n) is 1.89. The summed E-state index contributed by atoms with van der Waals surface area (Å²) in [5.41, 5.74) is 0.812. The van der Waals surface area contributed by atoms with Crippen molar-refractivity contribution in [3.63, 3.8) is 0 Å². The third-order valence-corrected chi connectivity index (χ3v) is 2.95. The quantitative estimate of drug-likeness (QED) is 0.922. The molecule has 1 heterocycles. The van der Waals surface area contributed by atoms with Crippen LogP contribution >= 0.6 is 0 Å². The van der Waals surface area contributed by atoms with E-state index in [1.165, 1.54) is 6.92 Å². The van der Waals surface area contributed by atoms with Gasteiger partial charge in [0.2, 0.25) is 0 Å². The summed E-state index contributed by atoms with van der Waals surface area (Å²) in [6.07, 6.45) is 0.950. The Labute approximate surface area is 117 Å². The molecule has 0 aliphatic rings. The molecule has 1 aromatic carbocycles. The summed E-state index contributed by atoms with van der Waals surface area (Å²) < 4.78 is 27.7. The van der Waals surface area contributed by atoms with E-state index in [0.717, 1.165) is 13.0 Å². The smallest absolute Gasteiger partial charge is 0.168 e. The van der Waals surface area contributed by atoms with E-state index in [1.54, 1.807) is 25.1 Å². The zero-order valence-corrected chi connectivity index (χ0v) is 11.8. The Balaban J connectivity index is 2.47. The monoisotopic (exact) mass is 277 g/mol. The molecule has 0 aliphatic heterocycles. The van der Waals surface area contributed by atoms with E-state index >= 15 is 0 Å². The minimum Gasteiger partial charge on any atom is -0.370 e. The largest absolute Gasteiger partial charge is 0.370 e. The van der Waals surface area contributed by atoms with Crippen LogP contribution in [0.25, 0.3) is 11.3 Å². The Bertz CT molecular complexity index is 627. The molecule has 0 amide bonds. The first-order valence-corrected chi connectivity index (χ1v) is 6.57. The Kier molecular flexibility index (Phi) is 4.27. The van der Waals surface area contributed by atoms with Crippen LogP contribution in [0, 0.1) is 25.5 Å². The van der Waals surface area contributed by atoms with E-state index in [9.17, 15) is 8.78 Å². The van der Waals surface area contributed by atoms with Crippen LogP contribution in [-0.4, -0.2) is 16.5 Å². The Hall–Kier alpha value is -2.04. The van der Waals surface area contributed by atoms with Crippen molar-refractivity contribution in [2.75, 3.05) is 11.9 Å². The normalized spacial score (nSPS) is 10.7. The van der Waals surface area contributed by atoms with Crippen molar-refractivity contribution >= 4 is 5.82 Å². The third kappa shape index (κ3) is 2.92. The first-order chi connectivity index (χ1) is 9.52. The standard InChI is InChI=1S/C15H17F2N3/c1-4-7-18-13-8-12(19-10(3)20-13)11-6-5-9(2)14(16)15(11)17/h5-6,8H,4,7H2,1-3H3,(H,18,19,20). The minimum atomic E-state index is -0.871. The molecule has 1 N–H and O–H groups in total. The fraction of sp³-hybridized carbons (Fsp3) is 0.333. The maximum atomic E-state index is 14.0. The molecule has 0 bridgehead atoms. The molecular formula is C15H17F2N3. The van der Waals surface area contributed by atoms with Crippen LogP contribution in [0.3, 0.4) is 0 Å². The Morgan fingerprint density at radius 1 is 1.10 bits per heavy atom. The zero-order valence-electron chi connectivity index (χ0n) is 11.8. The molecule has 0 atom stereocenters. The maximum absolute atomic E-state index is 14.0. The van der Waals surface area contributed by atoms with Crippen molar-refractivity contribution in [3.05, 3.63) is 41.2 Å². The summed E-state index contributed by atoms with van der Waals surface area (Å²) in [7, 11) is 0. The van der Waals surface area contributed by atoms with Crippen LogP contribution in [0.5, 0.6) is 0 Å². The summed E-state index contributed by atoms with van der Waals surface area (Å²) in [6.45, 7) is 6.06. The lowest BCUT2D eigenvalue weighted by Crippen LogP contribution is -2.05. The SMILES string of the molecule is CCCNc1cc(-c2ccc(C)c(F)c2F)nc(C)n1. The second kappa shape index (κ2) is 5.94. The van der Waals surface area contributed by atoms with Gasteiger partial charge in [-0.25, -0.2) is 18.7 Å². The van der Waals surface area contributed by atoms with Gasteiger partial charge in [0.05, 0.1) is 5.69 Å². The van der Waals surface area contributed by atoms with Gasteiger partial charge in [-0.05, 0) is 31.9 Å². The van der Waals surface area contributed by atoms with Crippen LogP contribution in [-0.2, 0) is 0 Å². The summed E-state index contributed by atoms with van der Waals surface area (Å²) in [4.78, 5) is 8.41. The van der Waals surface area contributed by atoms with E-state index in [2.05, 4.69) is 15.3 Å². The van der Waals surface area contributed by atoms with Crippen LogP contribution in [0.15, 0.2) is 18.2 Å². The van der Waals surface area contributed by atoms with Crippen molar-refractivity contribution < 1.29 is 8.78 Å². The van der Waals surface area contributed by atoms with E-state index < -0.39 is 11.6 Å². The number of nitrogens with one attached hydrogen (secondary N) is 1. The van der Waals surface area contributed by atoms with E-state index in [0.29, 0.717) is 17.3 Å². The van der Waals surface area contributed by atoms with Gasteiger partial charge in [0.15, 0.2) is 11.6 Å². The van der Waals surface area contributed by atoms with Gasteiger partial charge in [-0.3, -0.25) is 0 Å². The summed E-state index contributed by atoms with van der Waals surface area (Å²) in [6, 6.07) is 4.72. The first kappa shape index (κ1) is 14.4. The number of anilines is 1. The summed E-state index contributed by atoms with van der Waals surface area (Å²) >= 11 is 0. The molecule has 5 heteroatoms. The predicted octanol–water partition coefficient (Wildman–Crippen LogP) is 3.86. The molecule has 0 saturated heterocycles. The fourth-order valence-corrected chi connectivity index (χ4v) is 1.89. The average molecular weight is 277 g/mol. The van der Waals surface area contributed by atoms with Gasteiger partial charge in [0.1, 0.15) is 11.6 Å². The number of nitrogens with zero attached hydrogens (tertiary/aromatic N) is 2. The molecule has 0 saturated carbocycles. The van der Waals surface area contributed by atoms with Gasteiger partial charge in [0.25, 0.3) is 0 Å². The van der Waals surface area contributed by atoms with Gasteiger partial charge >= 0.3 is 0 Å². The van der Waals surface area contributed by atoms with Gasteiger partial charge in [-0.15, -0.1) is 0 Å². The first-order valence-electron chi connectivity index (χ1n) is 6.57. The van der Waals surface area contributed by atoms with E-state index in [-0.39, 0.29) is 11.1 Å². The maximum Gasteiger partial charge on any atom is 0.168 e. The van der Waals surface area contributed by atoms with Gasteiger partial charge in [0, 0.05) is 18.2 Å². The lowest BCUT2D eigenvalue weighted by Gasteiger charge is -2.09. The number of hydrogen-bond donors (Lipinski definition) is 1. The molecule has 3 nitrogen and oxygen atoms in total. The van der Waals surface area contributed by atoms with Crippen molar-refractivity contribution in [2.24, 2.45) is 0 Å². The molecule has 0 aliphatic carbocycles. The molecule has 2 aromatic rings. The zero-order chi connectivity index (χ0) is 14.7. The van der Waals surface area contributed by atoms with Crippen molar-refractivity contribution in [2.45, 2.75) is 27.2 Å². The third-order valence-electron chi connectivity index (χ3n) is 2.95. The van der Waals surface area contributed by atoms with Crippen molar-refractivity contribution in [1.29, 1.82) is 0 Å². The van der Waals surface area contributed by atoms with Crippen LogP contribution < -0.4 is 5.32 Å². The second-order valence-corrected chi connectivity index (χ2v) is 4.67. The molecule has 106 valence electrons. The topological polar surface area (TPSA) is 37.8 Å². The van der Waals surface area contributed by atoms with Crippen molar-refractivity contribution in [1.82, 2.24) is 9.97 Å². The van der Waals surface area contributed by atoms with Gasteiger partial charge < -0.3 is 5.32 Å². The van der Waals surface area contributed by atoms with Gasteiger partial charge in [-0.1, -0.05) is 13.0 Å². The highest BCUT2D eigenvalue weighted by molar-refractivity contribution is 5.63. The van der Waals surface area contributed by atoms with Gasteiger partial charge in [-0.2, -0.15) is 0 Å². The minimum absolute atomic E-state index is 0.151. The van der Waals surface area contributed by atoms with E-state index in [4.69, 9.17) is 0 Å². The highest BCUT2D eigenvalue weighted by Crippen LogP contribution is 2.26. The van der Waals surface area contributed by atoms with Crippen LogP contribution in [0.2, 0.25) is 0 Å². The van der Waals surface area contributed by atoms with Crippen molar-refractivity contribution in [3.8, 4) is 11.3 Å². The molecule has 2 rings (SSSR count). The number of halogens is 2. The molecule has 0 spiro atoms. The lowest BCUT2D eigenvalue weighted by molar-refractivity contribution is 0.505. The van der Waals surface area contributed by atoms with Crippen LogP contribution in [0.4, 0.5) is 14.6 Å². The number of benzene rings is 1. The predicted molar refractivity (Wildman–Crippen MR) is 75.6 cm³/mol. The highest BCUT2D eigenvalue weighted by atomic mass is 19.2. The molecular weight excluding hydrogens is 260 g/mol. The number of aromatic nitrogens is 2. The summed E-state index contributed by atoms with van der Waals surface area (Å²) in [5, 5.41) is 3.12. The molecule has 0 fully saturated rings. The highest BCUT2D eigenvalue weighted by Gasteiger charge is 2.14. The Morgan fingerprint density at radius 2 is 1.85 bits per heavy atom. The lowest BCUT2D eigenvalue weighted by atomic mass is 10.1. The van der Waals surface area contributed by atoms with Crippen LogP contribution in [0.1, 0.15) is 24.7 Å². The molecule has 0 radical (unpaired) electrons. The molecule has 0 unspecified atom stereocenters. The number of aryl methyl sites for hydroxylation is 2.